The number of fused-ring (bicyclic) bond motifs is 1. The molecule has 2 aromatic carbocycles. The minimum absolute atomic E-state index is 0.0175. The molecule has 0 heterocycles. The molecule has 118 valence electrons. The van der Waals surface area contributed by atoms with Gasteiger partial charge >= 0.3 is 5.97 Å². The van der Waals surface area contributed by atoms with Crippen molar-refractivity contribution in [1.82, 2.24) is 0 Å². The van der Waals surface area contributed by atoms with Gasteiger partial charge in [0.25, 0.3) is 0 Å². The molecule has 0 N–H and O–H groups in total. The van der Waals surface area contributed by atoms with Crippen molar-refractivity contribution in [2.24, 2.45) is 0 Å². The number of Topliss-reactive ketones (excluding diaryl/α,β-unsaturated/α-hetero) is 1. The van der Waals surface area contributed by atoms with Gasteiger partial charge in [0.1, 0.15) is 5.75 Å². The molecule has 0 spiro atoms. The van der Waals surface area contributed by atoms with Crippen LogP contribution in [0, 0.1) is 0 Å². The Morgan fingerprint density at radius 1 is 0.957 bits per heavy atom. The Kier molecular flexibility index (Phi) is 4.42. The topological polar surface area (TPSA) is 52.6 Å². The van der Waals surface area contributed by atoms with E-state index in [0.717, 1.165) is 19.3 Å². The smallest absolute Gasteiger partial charge is 0.337 e. The minimum Gasteiger partial charge on any atom is -0.485 e. The van der Waals surface area contributed by atoms with E-state index < -0.39 is 5.97 Å². The number of hydrogen-bond acceptors (Lipinski definition) is 4. The first-order valence-electron chi connectivity index (χ1n) is 7.63. The zero-order valence-electron chi connectivity index (χ0n) is 13.0. The van der Waals surface area contributed by atoms with E-state index in [0.29, 0.717) is 16.9 Å². The van der Waals surface area contributed by atoms with Crippen LogP contribution in [0.4, 0.5) is 0 Å². The molecule has 0 aliphatic heterocycles. The number of hydrogen-bond donors (Lipinski definition) is 0. The van der Waals surface area contributed by atoms with Crippen molar-refractivity contribution in [3.63, 3.8) is 0 Å². The monoisotopic (exact) mass is 310 g/mol. The number of methoxy groups -OCH3 is 1. The summed E-state index contributed by atoms with van der Waals surface area (Å²) >= 11 is 0. The van der Waals surface area contributed by atoms with Crippen LogP contribution in [0.15, 0.2) is 42.5 Å². The highest BCUT2D eigenvalue weighted by Crippen LogP contribution is 2.23. The van der Waals surface area contributed by atoms with Gasteiger partial charge in [-0.3, -0.25) is 4.79 Å². The second-order valence-electron chi connectivity index (χ2n) is 5.56. The lowest BCUT2D eigenvalue weighted by molar-refractivity contribution is 0.0600. The molecule has 0 bridgehead atoms. The molecule has 0 radical (unpaired) electrons. The summed E-state index contributed by atoms with van der Waals surface area (Å²) in [4.78, 5) is 23.6. The SMILES string of the molecule is COC(=O)c1ccc(OCC(=O)c2ccc3c(c2)CCC3)cc1. The zero-order valence-corrected chi connectivity index (χ0v) is 13.0. The highest BCUT2D eigenvalue weighted by molar-refractivity contribution is 5.97. The number of ketones is 1. The van der Waals surface area contributed by atoms with Gasteiger partial charge in [-0.2, -0.15) is 0 Å². The van der Waals surface area contributed by atoms with Gasteiger partial charge in [0.2, 0.25) is 0 Å². The van der Waals surface area contributed by atoms with Crippen molar-refractivity contribution in [3.05, 3.63) is 64.7 Å². The standard InChI is InChI=1S/C19H18O4/c1-22-19(21)14-7-9-17(10-8-14)23-12-18(20)16-6-5-13-3-2-4-15(13)11-16/h5-11H,2-4,12H2,1H3. The quantitative estimate of drug-likeness (QED) is 0.628. The number of benzene rings is 2. The third kappa shape index (κ3) is 3.42. The van der Waals surface area contributed by atoms with Crippen LogP contribution in [0.1, 0.15) is 38.3 Å². The Labute approximate surface area is 135 Å². The zero-order chi connectivity index (χ0) is 16.2. The molecular formula is C19H18O4. The summed E-state index contributed by atoms with van der Waals surface area (Å²) in [6.07, 6.45) is 3.31. The lowest BCUT2D eigenvalue weighted by Gasteiger charge is -2.07. The maximum absolute atomic E-state index is 12.2. The molecular weight excluding hydrogens is 292 g/mol. The van der Waals surface area contributed by atoms with Crippen LogP contribution in [-0.2, 0) is 17.6 Å². The van der Waals surface area contributed by atoms with Crippen molar-refractivity contribution >= 4 is 11.8 Å². The Bertz CT molecular complexity index is 732. The van der Waals surface area contributed by atoms with Crippen LogP contribution in [0.3, 0.4) is 0 Å². The molecule has 23 heavy (non-hydrogen) atoms. The van der Waals surface area contributed by atoms with E-state index in [1.54, 1.807) is 24.3 Å². The summed E-state index contributed by atoms with van der Waals surface area (Å²) in [6, 6.07) is 12.4. The third-order valence-corrected chi connectivity index (χ3v) is 4.07. The number of ether oxygens (including phenoxy) is 2. The van der Waals surface area contributed by atoms with Crippen LogP contribution < -0.4 is 4.74 Å². The summed E-state index contributed by atoms with van der Waals surface area (Å²) in [7, 11) is 1.34. The van der Waals surface area contributed by atoms with E-state index in [1.165, 1.54) is 18.2 Å². The first-order valence-corrected chi connectivity index (χ1v) is 7.63. The number of esters is 1. The van der Waals surface area contributed by atoms with Crippen molar-refractivity contribution in [2.45, 2.75) is 19.3 Å². The van der Waals surface area contributed by atoms with Crippen LogP contribution in [0.5, 0.6) is 5.75 Å². The number of aryl methyl sites for hydroxylation is 2. The molecule has 0 fully saturated rings. The maximum Gasteiger partial charge on any atom is 0.337 e. The van der Waals surface area contributed by atoms with Crippen molar-refractivity contribution in [1.29, 1.82) is 0 Å². The minimum atomic E-state index is -0.397. The van der Waals surface area contributed by atoms with E-state index in [4.69, 9.17) is 4.74 Å². The first-order chi connectivity index (χ1) is 11.2. The van der Waals surface area contributed by atoms with E-state index in [-0.39, 0.29) is 12.4 Å². The Morgan fingerprint density at radius 2 is 1.65 bits per heavy atom. The van der Waals surface area contributed by atoms with E-state index in [9.17, 15) is 9.59 Å². The van der Waals surface area contributed by atoms with Gasteiger partial charge in [-0.1, -0.05) is 12.1 Å². The fraction of sp³-hybridized carbons (Fsp3) is 0.263. The molecule has 4 heteroatoms. The Morgan fingerprint density at radius 3 is 2.39 bits per heavy atom. The van der Waals surface area contributed by atoms with Gasteiger partial charge in [0.05, 0.1) is 12.7 Å². The van der Waals surface area contributed by atoms with Gasteiger partial charge in [0, 0.05) is 5.56 Å². The summed E-state index contributed by atoms with van der Waals surface area (Å²) in [5.41, 5.74) is 3.76. The predicted molar refractivity (Wildman–Crippen MR) is 86.1 cm³/mol. The number of rotatable bonds is 5. The van der Waals surface area contributed by atoms with Crippen molar-refractivity contribution in [3.8, 4) is 5.75 Å². The molecule has 1 aliphatic rings. The van der Waals surface area contributed by atoms with Crippen LogP contribution in [0.2, 0.25) is 0 Å². The van der Waals surface area contributed by atoms with Crippen LogP contribution in [-0.4, -0.2) is 25.5 Å². The molecule has 0 saturated carbocycles. The second-order valence-corrected chi connectivity index (χ2v) is 5.56. The molecule has 0 unspecified atom stereocenters. The molecule has 0 aromatic heterocycles. The molecule has 2 aromatic rings. The maximum atomic E-state index is 12.2. The van der Waals surface area contributed by atoms with Crippen LogP contribution in [0.25, 0.3) is 0 Å². The highest BCUT2D eigenvalue weighted by atomic mass is 16.5. The molecule has 3 rings (SSSR count). The highest BCUT2D eigenvalue weighted by Gasteiger charge is 2.14. The van der Waals surface area contributed by atoms with Crippen molar-refractivity contribution in [2.75, 3.05) is 13.7 Å². The van der Waals surface area contributed by atoms with E-state index in [1.807, 2.05) is 18.2 Å². The summed E-state index contributed by atoms with van der Waals surface area (Å²) in [6.45, 7) is -0.0175. The Balaban J connectivity index is 1.61. The molecule has 1 aliphatic carbocycles. The van der Waals surface area contributed by atoms with Gasteiger partial charge in [0.15, 0.2) is 12.4 Å². The predicted octanol–water partition coefficient (Wildman–Crippen LogP) is 3.22. The molecule has 0 atom stereocenters. The van der Waals surface area contributed by atoms with Gasteiger partial charge in [-0.15, -0.1) is 0 Å². The third-order valence-electron chi connectivity index (χ3n) is 4.07. The van der Waals surface area contributed by atoms with Crippen molar-refractivity contribution < 1.29 is 19.1 Å². The first kappa shape index (κ1) is 15.3. The summed E-state index contributed by atoms with van der Waals surface area (Å²) in [5.74, 6) is 0.106. The van der Waals surface area contributed by atoms with E-state index in [2.05, 4.69) is 4.74 Å². The average molecular weight is 310 g/mol. The Hall–Kier alpha value is -2.62. The van der Waals surface area contributed by atoms with Gasteiger partial charge in [-0.05, 0) is 60.7 Å². The average Bonchev–Trinajstić information content (AvgIpc) is 3.07. The largest absolute Gasteiger partial charge is 0.485 e. The van der Waals surface area contributed by atoms with Crippen LogP contribution >= 0.6 is 0 Å². The fourth-order valence-electron chi connectivity index (χ4n) is 2.78. The van der Waals surface area contributed by atoms with Gasteiger partial charge < -0.3 is 9.47 Å². The lowest BCUT2D eigenvalue weighted by Crippen LogP contribution is -2.12. The normalized spacial score (nSPS) is 12.6. The molecule has 4 nitrogen and oxygen atoms in total. The fourth-order valence-corrected chi connectivity index (χ4v) is 2.78. The lowest BCUT2D eigenvalue weighted by atomic mass is 10.0. The number of carbonyl (C=O) groups excluding carboxylic acids is 2. The summed E-state index contributed by atoms with van der Waals surface area (Å²) < 4.78 is 10.1. The molecule has 0 saturated heterocycles. The number of carbonyl (C=O) groups is 2. The second kappa shape index (κ2) is 6.65. The molecule has 0 amide bonds. The van der Waals surface area contributed by atoms with Gasteiger partial charge in [-0.25, -0.2) is 4.79 Å². The van der Waals surface area contributed by atoms with E-state index >= 15 is 0 Å². The summed E-state index contributed by atoms with van der Waals surface area (Å²) in [5, 5.41) is 0.